The summed E-state index contributed by atoms with van der Waals surface area (Å²) in [7, 11) is -10.5. The average Bonchev–Trinajstić information content (AvgIpc) is 0.760. The van der Waals surface area contributed by atoms with E-state index in [1.54, 1.807) is 0 Å². The zero-order valence-corrected chi connectivity index (χ0v) is 61.3. The molecule has 0 saturated carbocycles. The first-order chi connectivity index (χ1) is 41.8. The minimum Gasteiger partial charge on any atom is -0.404 e. The van der Waals surface area contributed by atoms with Crippen LogP contribution in [0.3, 0.4) is 0 Å². The van der Waals surface area contributed by atoms with Crippen molar-refractivity contribution < 1.29 is 32.3 Å². The van der Waals surface area contributed by atoms with Crippen molar-refractivity contribution in [2.45, 2.75) is 427 Å². The molecule has 0 spiro atoms. The number of aryl methyl sites for hydroxylation is 1. The normalized spacial score (nSPS) is 17.4. The fraction of sp³-hybridized carbons (Fsp3) is 0.846. The SMILES string of the molecule is CCCCCCCCCCCCCc1c2c(C(C)(C)C)c(CCCCCCCCCCCCC)c(c1C(CCCCCCCCCCCCC)CCCCCCCCCCCCC)C(CCC)c1cc(C(C)(C)C)c(cc1C)OP(=O)(O)OP(=O)(O)O2. The molecule has 4 aliphatic rings. The number of phosphoric ester groups is 2. The highest BCUT2D eigenvalue weighted by Gasteiger charge is 2.44. The fourth-order valence-corrected chi connectivity index (χ4v) is 16.6. The molecule has 4 heterocycles. The molecular weight excluding hydrogens is 1110 g/mol. The Kier molecular flexibility index (Phi) is 41.8. The predicted molar refractivity (Wildman–Crippen MR) is 379 cm³/mol. The topological polar surface area (TPSA) is 102 Å². The molecule has 506 valence electrons. The monoisotopic (exact) mass is 1250 g/mol. The molecule has 0 amide bonds. The van der Waals surface area contributed by atoms with Crippen molar-refractivity contribution in [3.05, 3.63) is 56.6 Å². The molecule has 2 aromatic rings. The maximum Gasteiger partial charge on any atom is 0.537 e. The molecule has 0 fully saturated rings. The number of benzene rings is 2. The second kappa shape index (κ2) is 45.6. The first-order valence-electron chi connectivity index (χ1n) is 37.9. The van der Waals surface area contributed by atoms with Crippen molar-refractivity contribution in [3.8, 4) is 11.5 Å². The highest BCUT2D eigenvalue weighted by molar-refractivity contribution is 7.61. The highest BCUT2D eigenvalue weighted by Crippen LogP contribution is 2.63. The van der Waals surface area contributed by atoms with Gasteiger partial charge in [-0.15, -0.1) is 0 Å². The van der Waals surface area contributed by atoms with Crippen LogP contribution >= 0.6 is 15.6 Å². The summed E-state index contributed by atoms with van der Waals surface area (Å²) in [6.07, 6.45) is 61.6. The van der Waals surface area contributed by atoms with Crippen LogP contribution in [0.5, 0.6) is 11.5 Å². The third kappa shape index (κ3) is 32.2. The zero-order valence-electron chi connectivity index (χ0n) is 59.5. The smallest absolute Gasteiger partial charge is 0.404 e. The minimum absolute atomic E-state index is 0.0206. The van der Waals surface area contributed by atoms with E-state index in [1.807, 2.05) is 6.07 Å². The first kappa shape index (κ1) is 79.6. The minimum atomic E-state index is -5.32. The molecule has 7 nitrogen and oxygen atoms in total. The van der Waals surface area contributed by atoms with Gasteiger partial charge < -0.3 is 9.05 Å². The van der Waals surface area contributed by atoms with Gasteiger partial charge in [0.25, 0.3) is 0 Å². The maximum absolute atomic E-state index is 15.1. The largest absolute Gasteiger partial charge is 0.537 e. The van der Waals surface area contributed by atoms with E-state index in [4.69, 9.17) is 13.4 Å². The molecule has 4 bridgehead atoms. The number of phosphoric acid groups is 2. The summed E-state index contributed by atoms with van der Waals surface area (Å²) in [6, 6.07) is 4.21. The van der Waals surface area contributed by atoms with Gasteiger partial charge in [-0.05, 0) is 108 Å². The van der Waals surface area contributed by atoms with Gasteiger partial charge in [0.2, 0.25) is 0 Å². The summed E-state index contributed by atoms with van der Waals surface area (Å²) in [5.74, 6) is 0.879. The first-order valence-corrected chi connectivity index (χ1v) is 40.9. The van der Waals surface area contributed by atoms with Crippen LogP contribution in [0.15, 0.2) is 12.1 Å². The van der Waals surface area contributed by atoms with Gasteiger partial charge in [-0.2, -0.15) is 4.31 Å². The Balaban J connectivity index is 2.43. The molecule has 4 aliphatic heterocycles. The summed E-state index contributed by atoms with van der Waals surface area (Å²) < 4.78 is 47.8. The molecule has 2 N–H and O–H groups in total. The van der Waals surface area contributed by atoms with Crippen LogP contribution in [0.2, 0.25) is 0 Å². The summed E-state index contributed by atoms with van der Waals surface area (Å²) in [5.41, 5.74) is 8.18. The molecule has 0 aromatic heterocycles. The van der Waals surface area contributed by atoms with E-state index in [9.17, 15) is 14.4 Å². The Morgan fingerprint density at radius 2 is 0.759 bits per heavy atom. The van der Waals surface area contributed by atoms with Gasteiger partial charge in [0.15, 0.2) is 0 Å². The molecular formula is C78H142O7P2. The van der Waals surface area contributed by atoms with Crippen LogP contribution in [-0.2, 0) is 37.1 Å². The van der Waals surface area contributed by atoms with E-state index in [-0.39, 0.29) is 17.6 Å². The van der Waals surface area contributed by atoms with Gasteiger partial charge in [0.05, 0.1) is 0 Å². The standard InChI is InChI=1S/C78H142O7P2/c1-13-18-22-26-30-34-38-42-46-50-54-59-66(60-55-51-47-43-39-35-31-27-23-19-14-2)73-69(62-57-53-49-45-41-37-33-29-25-21-16-4)76-75(78(10,11)12)68(61-56-52-48-44-40-36-32-28-24-20-15-3)74(73)67(58-17-5)70-64-71(77(7,8)9)72(63-65(70)6)83-86(79,80)85-87(81,82)84-76/h63-64,66-67H,13-62H2,1-12H3,(H,79,80)(H,81,82). The predicted octanol–water partition coefficient (Wildman–Crippen LogP) is 27.7. The maximum atomic E-state index is 15.1. The van der Waals surface area contributed by atoms with Crippen molar-refractivity contribution >= 4 is 15.6 Å². The van der Waals surface area contributed by atoms with Crippen molar-refractivity contribution in [1.82, 2.24) is 0 Å². The van der Waals surface area contributed by atoms with Gasteiger partial charge in [-0.3, -0.25) is 9.79 Å². The second-order valence-corrected chi connectivity index (χ2v) is 32.5. The highest BCUT2D eigenvalue weighted by atomic mass is 31.3. The molecule has 0 aliphatic carbocycles. The van der Waals surface area contributed by atoms with Gasteiger partial charge in [-0.1, -0.05) is 358 Å². The molecule has 0 saturated heterocycles. The quantitative estimate of drug-likeness (QED) is 0.0502. The van der Waals surface area contributed by atoms with Crippen LogP contribution in [0.4, 0.5) is 0 Å². The van der Waals surface area contributed by atoms with E-state index >= 15 is 4.57 Å². The number of hydrogen-bond donors (Lipinski definition) is 2. The van der Waals surface area contributed by atoms with Crippen LogP contribution in [-0.4, -0.2) is 9.79 Å². The molecule has 87 heavy (non-hydrogen) atoms. The van der Waals surface area contributed by atoms with E-state index in [2.05, 4.69) is 89.2 Å². The lowest BCUT2D eigenvalue weighted by molar-refractivity contribution is 0.231. The Morgan fingerprint density at radius 1 is 0.425 bits per heavy atom. The van der Waals surface area contributed by atoms with Gasteiger partial charge in [0, 0.05) is 17.0 Å². The Labute approximate surface area is 540 Å². The van der Waals surface area contributed by atoms with E-state index in [0.717, 1.165) is 99.3 Å². The molecule has 9 heteroatoms. The molecule has 0 radical (unpaired) electrons. The van der Waals surface area contributed by atoms with Crippen LogP contribution < -0.4 is 9.05 Å². The van der Waals surface area contributed by atoms with Crippen molar-refractivity contribution in [1.29, 1.82) is 0 Å². The zero-order chi connectivity index (χ0) is 63.8. The molecule has 6 rings (SSSR count). The van der Waals surface area contributed by atoms with E-state index < -0.39 is 26.5 Å². The number of unbranched alkanes of at least 4 members (excludes halogenated alkanes) is 40. The summed E-state index contributed by atoms with van der Waals surface area (Å²) in [4.78, 5) is 24.0. The summed E-state index contributed by atoms with van der Waals surface area (Å²) >= 11 is 0. The second-order valence-electron chi connectivity index (χ2n) is 29.7. The fourth-order valence-electron chi connectivity index (χ4n) is 14.5. The Morgan fingerprint density at radius 3 is 1.10 bits per heavy atom. The molecule has 3 atom stereocenters. The van der Waals surface area contributed by atoms with Gasteiger partial charge >= 0.3 is 15.6 Å². The third-order valence-electron chi connectivity index (χ3n) is 19.4. The van der Waals surface area contributed by atoms with Crippen molar-refractivity contribution in [2.75, 3.05) is 0 Å². The molecule has 2 aromatic carbocycles. The van der Waals surface area contributed by atoms with Crippen LogP contribution in [0, 0.1) is 6.92 Å². The number of hydrogen-bond acceptors (Lipinski definition) is 5. The Hall–Kier alpha value is -1.62. The summed E-state index contributed by atoms with van der Waals surface area (Å²) in [5, 5.41) is 0. The third-order valence-corrected chi connectivity index (χ3v) is 21.9. The molecule has 3 unspecified atom stereocenters. The lowest BCUT2D eigenvalue weighted by atomic mass is 9.68. The van der Waals surface area contributed by atoms with E-state index in [1.165, 1.54) is 260 Å². The van der Waals surface area contributed by atoms with Crippen molar-refractivity contribution in [3.63, 3.8) is 0 Å². The van der Waals surface area contributed by atoms with Gasteiger partial charge in [-0.25, -0.2) is 9.13 Å². The van der Waals surface area contributed by atoms with E-state index in [0.29, 0.717) is 12.2 Å². The van der Waals surface area contributed by atoms with Crippen molar-refractivity contribution in [2.24, 2.45) is 0 Å². The lowest BCUT2D eigenvalue weighted by Crippen LogP contribution is -2.25. The van der Waals surface area contributed by atoms with Crippen LogP contribution in [0.25, 0.3) is 0 Å². The Bertz CT molecular complexity index is 2160. The number of rotatable bonds is 51. The van der Waals surface area contributed by atoms with Gasteiger partial charge in [0.1, 0.15) is 11.5 Å². The average molecular weight is 1250 g/mol. The summed E-state index contributed by atoms with van der Waals surface area (Å²) in [6.45, 7) is 26.8. The van der Waals surface area contributed by atoms with Crippen LogP contribution in [0.1, 0.15) is 441 Å². The lowest BCUT2D eigenvalue weighted by Gasteiger charge is -2.38.